The maximum absolute atomic E-state index is 4.81. The molecule has 0 amide bonds. The van der Waals surface area contributed by atoms with E-state index in [0.717, 1.165) is 43.1 Å². The fourth-order valence-corrected chi connectivity index (χ4v) is 3.14. The van der Waals surface area contributed by atoms with E-state index >= 15 is 0 Å². The van der Waals surface area contributed by atoms with Crippen molar-refractivity contribution in [2.45, 2.75) is 46.6 Å². The predicted octanol–water partition coefficient (Wildman–Crippen LogP) is 3.97. The first-order chi connectivity index (χ1) is 9.74. The first-order valence-corrected chi connectivity index (χ1v) is 8.18. The monoisotopic (exact) mass is 289 g/mol. The third kappa shape index (κ3) is 3.87. The van der Waals surface area contributed by atoms with Gasteiger partial charge in [0.15, 0.2) is 0 Å². The summed E-state index contributed by atoms with van der Waals surface area (Å²) in [4.78, 5) is 10.6. The van der Waals surface area contributed by atoms with Gasteiger partial charge in [-0.3, -0.25) is 4.98 Å². The molecule has 4 heteroatoms. The third-order valence-electron chi connectivity index (χ3n) is 3.11. The zero-order valence-electron chi connectivity index (χ0n) is 12.6. The summed E-state index contributed by atoms with van der Waals surface area (Å²) in [7, 11) is 0. The molecule has 2 aromatic rings. The molecule has 0 atom stereocenters. The van der Waals surface area contributed by atoms with Crippen LogP contribution in [0.25, 0.3) is 10.7 Å². The van der Waals surface area contributed by atoms with E-state index in [2.05, 4.69) is 37.1 Å². The van der Waals surface area contributed by atoms with Crippen LogP contribution in [0.5, 0.6) is 0 Å². The van der Waals surface area contributed by atoms with Crippen LogP contribution in [-0.2, 0) is 13.0 Å². The fraction of sp³-hybridized carbons (Fsp3) is 0.500. The maximum atomic E-state index is 4.81. The Labute approximate surface area is 125 Å². The van der Waals surface area contributed by atoms with Gasteiger partial charge < -0.3 is 5.32 Å². The SMILES string of the molecule is CCCNCc1sc(-c2cc(C)ccn2)nc1CCC. The zero-order valence-corrected chi connectivity index (χ0v) is 13.4. The lowest BCUT2D eigenvalue weighted by atomic mass is 10.2. The molecule has 0 aliphatic carbocycles. The molecule has 0 saturated carbocycles. The van der Waals surface area contributed by atoms with Gasteiger partial charge in [-0.15, -0.1) is 11.3 Å². The van der Waals surface area contributed by atoms with Crippen LogP contribution < -0.4 is 5.32 Å². The highest BCUT2D eigenvalue weighted by atomic mass is 32.1. The summed E-state index contributed by atoms with van der Waals surface area (Å²) in [6.45, 7) is 8.46. The fourth-order valence-electron chi connectivity index (χ4n) is 2.09. The molecule has 2 heterocycles. The van der Waals surface area contributed by atoms with Gasteiger partial charge in [0.1, 0.15) is 5.01 Å². The number of nitrogens with zero attached hydrogens (tertiary/aromatic N) is 2. The van der Waals surface area contributed by atoms with Crippen molar-refractivity contribution in [3.05, 3.63) is 34.5 Å². The number of nitrogens with one attached hydrogen (secondary N) is 1. The summed E-state index contributed by atoms with van der Waals surface area (Å²) in [6.07, 6.45) is 5.20. The average molecular weight is 289 g/mol. The van der Waals surface area contributed by atoms with E-state index in [9.17, 15) is 0 Å². The Hall–Kier alpha value is -1.26. The highest BCUT2D eigenvalue weighted by Crippen LogP contribution is 2.28. The quantitative estimate of drug-likeness (QED) is 0.784. The van der Waals surface area contributed by atoms with Crippen molar-refractivity contribution in [1.82, 2.24) is 15.3 Å². The van der Waals surface area contributed by atoms with Gasteiger partial charge in [0.05, 0.1) is 11.4 Å². The summed E-state index contributed by atoms with van der Waals surface area (Å²) in [5, 5.41) is 4.52. The van der Waals surface area contributed by atoms with Crippen molar-refractivity contribution in [1.29, 1.82) is 0 Å². The smallest absolute Gasteiger partial charge is 0.142 e. The second kappa shape index (κ2) is 7.50. The molecule has 0 spiro atoms. The Morgan fingerprint density at radius 3 is 2.80 bits per heavy atom. The Kier molecular flexibility index (Phi) is 5.68. The Bertz CT molecular complexity index is 548. The summed E-state index contributed by atoms with van der Waals surface area (Å²) < 4.78 is 0. The highest BCUT2D eigenvalue weighted by Gasteiger charge is 2.12. The van der Waals surface area contributed by atoms with Crippen LogP contribution >= 0.6 is 11.3 Å². The van der Waals surface area contributed by atoms with Crippen LogP contribution in [0.3, 0.4) is 0 Å². The van der Waals surface area contributed by atoms with Gasteiger partial charge >= 0.3 is 0 Å². The predicted molar refractivity (Wildman–Crippen MR) is 86.1 cm³/mol. The van der Waals surface area contributed by atoms with Crippen LogP contribution in [0.4, 0.5) is 0 Å². The minimum absolute atomic E-state index is 0.923. The topological polar surface area (TPSA) is 37.8 Å². The van der Waals surface area contributed by atoms with Crippen molar-refractivity contribution < 1.29 is 0 Å². The van der Waals surface area contributed by atoms with Crippen LogP contribution in [-0.4, -0.2) is 16.5 Å². The molecule has 0 fully saturated rings. The van der Waals surface area contributed by atoms with Gasteiger partial charge in [-0.2, -0.15) is 0 Å². The van der Waals surface area contributed by atoms with Crippen molar-refractivity contribution in [3.8, 4) is 10.7 Å². The van der Waals surface area contributed by atoms with Crippen molar-refractivity contribution in [3.63, 3.8) is 0 Å². The van der Waals surface area contributed by atoms with E-state index in [-0.39, 0.29) is 0 Å². The lowest BCUT2D eigenvalue weighted by Gasteiger charge is -2.02. The first-order valence-electron chi connectivity index (χ1n) is 7.37. The molecule has 1 N–H and O–H groups in total. The van der Waals surface area contributed by atoms with Gasteiger partial charge in [0.2, 0.25) is 0 Å². The second-order valence-electron chi connectivity index (χ2n) is 5.03. The molecule has 0 aromatic carbocycles. The van der Waals surface area contributed by atoms with Gasteiger partial charge in [-0.1, -0.05) is 20.3 Å². The third-order valence-corrected chi connectivity index (χ3v) is 4.23. The molecular weight excluding hydrogens is 266 g/mol. The van der Waals surface area contributed by atoms with E-state index in [0.29, 0.717) is 0 Å². The summed E-state index contributed by atoms with van der Waals surface area (Å²) in [6, 6.07) is 4.13. The number of hydrogen-bond acceptors (Lipinski definition) is 4. The Morgan fingerprint density at radius 1 is 1.25 bits per heavy atom. The molecule has 0 saturated heterocycles. The van der Waals surface area contributed by atoms with Crippen LogP contribution in [0.1, 0.15) is 42.8 Å². The normalized spacial score (nSPS) is 10.9. The van der Waals surface area contributed by atoms with Crippen molar-refractivity contribution >= 4 is 11.3 Å². The largest absolute Gasteiger partial charge is 0.312 e. The molecule has 0 aliphatic heterocycles. The van der Waals surface area contributed by atoms with Crippen LogP contribution in [0.2, 0.25) is 0 Å². The Balaban J connectivity index is 2.23. The summed E-state index contributed by atoms with van der Waals surface area (Å²) in [5.74, 6) is 0. The van der Waals surface area contributed by atoms with Crippen LogP contribution in [0, 0.1) is 6.92 Å². The lowest BCUT2D eigenvalue weighted by Crippen LogP contribution is -2.13. The molecule has 2 rings (SSSR count). The number of aromatic nitrogens is 2. The molecular formula is C16H23N3S. The van der Waals surface area contributed by atoms with Gasteiger partial charge in [0.25, 0.3) is 0 Å². The molecule has 20 heavy (non-hydrogen) atoms. The average Bonchev–Trinajstić information content (AvgIpc) is 2.83. The van der Waals surface area contributed by atoms with E-state index in [1.807, 2.05) is 12.3 Å². The summed E-state index contributed by atoms with van der Waals surface area (Å²) in [5.41, 5.74) is 3.46. The lowest BCUT2D eigenvalue weighted by molar-refractivity contribution is 0.674. The zero-order chi connectivity index (χ0) is 14.4. The molecule has 0 unspecified atom stereocenters. The number of thiazole rings is 1. The first kappa shape index (κ1) is 15.1. The maximum Gasteiger partial charge on any atom is 0.142 e. The second-order valence-corrected chi connectivity index (χ2v) is 6.12. The number of pyridine rings is 1. The van der Waals surface area contributed by atoms with Crippen LogP contribution in [0.15, 0.2) is 18.3 Å². The van der Waals surface area contributed by atoms with Gasteiger partial charge in [-0.25, -0.2) is 4.98 Å². The molecule has 0 bridgehead atoms. The van der Waals surface area contributed by atoms with Crippen molar-refractivity contribution in [2.75, 3.05) is 6.54 Å². The van der Waals surface area contributed by atoms with Gasteiger partial charge in [-0.05, 0) is 44.0 Å². The molecule has 0 aliphatic rings. The number of hydrogen-bond donors (Lipinski definition) is 1. The van der Waals surface area contributed by atoms with Gasteiger partial charge in [0, 0.05) is 17.6 Å². The van der Waals surface area contributed by atoms with E-state index in [1.54, 1.807) is 11.3 Å². The number of aryl methyl sites for hydroxylation is 2. The minimum atomic E-state index is 0.923. The van der Waals surface area contributed by atoms with E-state index in [1.165, 1.54) is 16.1 Å². The molecule has 3 nitrogen and oxygen atoms in total. The van der Waals surface area contributed by atoms with E-state index < -0.39 is 0 Å². The highest BCUT2D eigenvalue weighted by molar-refractivity contribution is 7.15. The number of rotatable bonds is 7. The Morgan fingerprint density at radius 2 is 2.10 bits per heavy atom. The molecule has 108 valence electrons. The molecule has 2 aromatic heterocycles. The van der Waals surface area contributed by atoms with E-state index in [4.69, 9.17) is 4.98 Å². The summed E-state index contributed by atoms with van der Waals surface area (Å²) >= 11 is 1.78. The molecule has 0 radical (unpaired) electrons. The minimum Gasteiger partial charge on any atom is -0.312 e. The standard InChI is InChI=1S/C16H23N3S/c1-4-6-13-15(11-17-8-5-2)20-16(19-13)14-10-12(3)7-9-18-14/h7,9-10,17H,4-6,8,11H2,1-3H3. The van der Waals surface area contributed by atoms with Crippen molar-refractivity contribution in [2.24, 2.45) is 0 Å².